The van der Waals surface area contributed by atoms with Crippen LogP contribution in [0.15, 0.2) is 166 Å². The Balaban J connectivity index is 0.000000123. The van der Waals surface area contributed by atoms with E-state index in [0.29, 0.717) is 133 Å². The van der Waals surface area contributed by atoms with Gasteiger partial charge in [-0.15, -0.1) is 0 Å². The number of nitrogen functional groups attached to an aromatic ring is 6. The van der Waals surface area contributed by atoms with Crippen LogP contribution in [0.5, 0.6) is 0 Å². The highest BCUT2D eigenvalue weighted by Gasteiger charge is 2.52. The van der Waals surface area contributed by atoms with Crippen LogP contribution in [0.1, 0.15) is 172 Å². The number of halogens is 11. The fourth-order valence-electron chi connectivity index (χ4n) is 20.3. The van der Waals surface area contributed by atoms with Gasteiger partial charge >= 0.3 is 12.4 Å². The molecule has 5 aliphatic carbocycles. The number of hydrogen-bond donors (Lipinski definition) is 8. The first kappa shape index (κ1) is 100. The van der Waals surface area contributed by atoms with Gasteiger partial charge in [-0.1, -0.05) is 163 Å². The van der Waals surface area contributed by atoms with Crippen molar-refractivity contribution in [2.75, 3.05) is 124 Å². The summed E-state index contributed by atoms with van der Waals surface area (Å²) in [7, 11) is 0. The molecule has 16 N–H and O–H groups in total. The number of alkyl halides is 6. The van der Waals surface area contributed by atoms with Gasteiger partial charge in [0.1, 0.15) is 48.4 Å². The maximum atomic E-state index is 13.3. The van der Waals surface area contributed by atoms with Crippen molar-refractivity contribution in [3.05, 3.63) is 158 Å². The summed E-state index contributed by atoms with van der Waals surface area (Å²) in [6.45, 7) is 18.6. The van der Waals surface area contributed by atoms with Crippen molar-refractivity contribution in [3.8, 4) is 0 Å². The smallest absolute Gasteiger partial charge is 0.397 e. The average molecular weight is 2060 g/mol. The molecule has 724 valence electrons. The van der Waals surface area contributed by atoms with Gasteiger partial charge in [-0.2, -0.15) is 26.3 Å². The number of hydrogen-bond acceptors (Lipinski definition) is 30. The second-order valence-corrected chi connectivity index (χ2v) is 44.5. The Morgan fingerprint density at radius 1 is 0.360 bits per heavy atom. The number of rotatable bonds is 16. The second-order valence-electron chi connectivity index (χ2n) is 37.4. The quantitative estimate of drug-likeness (QED) is 0.0329. The van der Waals surface area contributed by atoms with Crippen molar-refractivity contribution >= 4 is 187 Å². The third kappa shape index (κ3) is 21.8. The predicted molar refractivity (Wildman–Crippen MR) is 534 cm³/mol. The number of aromatic nitrogens is 12. The molecule has 1 unspecified atom stereocenters. The van der Waals surface area contributed by atoms with Crippen LogP contribution in [-0.4, -0.2) is 137 Å². The number of pyridine rings is 2. The molecule has 0 bridgehead atoms. The monoisotopic (exact) mass is 2050 g/mol. The zero-order chi connectivity index (χ0) is 96.6. The molecular weight excluding hydrogens is 1950 g/mol. The van der Waals surface area contributed by atoms with Crippen molar-refractivity contribution in [1.82, 2.24) is 59.8 Å². The minimum Gasteiger partial charge on any atom is -0.397 e. The molecule has 3 aromatic carbocycles. The summed E-state index contributed by atoms with van der Waals surface area (Å²) < 4.78 is 79.2. The number of primary amides is 1. The van der Waals surface area contributed by atoms with Crippen LogP contribution < -0.4 is 70.4 Å². The number of carbonyl (C=O) groups excluding carboxylic acids is 1. The number of benzene rings is 3. The average Bonchev–Trinajstić information content (AvgIpc) is 1.78. The zero-order valence-electron chi connectivity index (χ0n) is 75.7. The highest BCUT2D eigenvalue weighted by atomic mass is 35.5. The molecule has 136 heavy (non-hydrogen) atoms. The summed E-state index contributed by atoms with van der Waals surface area (Å²) in [5.41, 5.74) is 48.9. The number of carbonyl (C=O) groups is 1. The van der Waals surface area contributed by atoms with Crippen molar-refractivity contribution in [1.29, 1.82) is 0 Å². The van der Waals surface area contributed by atoms with E-state index in [1.165, 1.54) is 143 Å². The molecule has 1 amide bonds. The fourth-order valence-corrected chi connectivity index (χ4v) is 25.7. The van der Waals surface area contributed by atoms with Gasteiger partial charge in [0.2, 0.25) is 0 Å². The van der Waals surface area contributed by atoms with Crippen molar-refractivity contribution in [2.45, 2.75) is 218 Å². The molecule has 12 heterocycles. The Morgan fingerprint density at radius 2 is 0.662 bits per heavy atom. The van der Waals surface area contributed by atoms with Gasteiger partial charge in [-0.3, -0.25) is 14.8 Å². The van der Waals surface area contributed by atoms with Gasteiger partial charge in [0.15, 0.2) is 52.0 Å². The summed E-state index contributed by atoms with van der Waals surface area (Å²) >= 11 is 36.5. The summed E-state index contributed by atoms with van der Waals surface area (Å²) in [6, 6.07) is 22.3. The lowest BCUT2D eigenvalue weighted by Gasteiger charge is -2.53. The van der Waals surface area contributed by atoms with Gasteiger partial charge in [0.25, 0.3) is 5.91 Å². The van der Waals surface area contributed by atoms with Crippen LogP contribution in [-0.2, 0) is 12.4 Å². The van der Waals surface area contributed by atoms with E-state index in [1.54, 1.807) is 30.6 Å². The Hall–Kier alpha value is -8.63. The topological polar surface area (TPSA) is 396 Å². The van der Waals surface area contributed by atoms with Gasteiger partial charge < -0.3 is 70.4 Å². The van der Waals surface area contributed by atoms with E-state index < -0.39 is 29.6 Å². The first-order valence-electron chi connectivity index (χ1n) is 45.7. The lowest BCUT2D eigenvalue weighted by Crippen LogP contribution is -2.52. The van der Waals surface area contributed by atoms with E-state index >= 15 is 0 Å². The maximum Gasteiger partial charge on any atom is 0.434 e. The van der Waals surface area contributed by atoms with E-state index in [2.05, 4.69) is 107 Å². The molecule has 10 aromatic rings. The Kier molecular flexibility index (Phi) is 30.7. The SMILES string of the molecule is CC1CCC12CCN(c1cnc(Sc3cccc(Cl)c3Cl)c(N)n1)CC2.C[C@H]1CCC12CCN(c1cnc(Sc3cccc(N)c3Cl)c(N)n1)CC2.C[C@H]1CCC12CCN(c1cnc(Sc3cccnc3C(F)(F)F)c(N)n1)CC2.C[C@H]1CCC12CCN(c1nc(N)c(Sc3cccnc3C(F)(F)F)nc1C(N)=O)CC2.Nc1nc(N2CC[C@]3(CC[C@@H]3N)C2)cnc1Sc1cccc(Cl)c1Cl. The lowest BCUT2D eigenvalue weighted by molar-refractivity contribution is -0.144. The largest absolute Gasteiger partial charge is 0.434 e. The molecule has 20 rings (SSSR count). The van der Waals surface area contributed by atoms with E-state index in [4.69, 9.17) is 104 Å². The number of nitrogens with two attached hydrogens (primary N) is 8. The third-order valence-corrected chi connectivity index (χ3v) is 38.0. The van der Waals surface area contributed by atoms with Crippen LogP contribution in [0.2, 0.25) is 25.1 Å². The Morgan fingerprint density at radius 3 is 0.971 bits per heavy atom. The zero-order valence-corrected chi connectivity index (χ0v) is 83.6. The van der Waals surface area contributed by atoms with Crippen LogP contribution in [0.25, 0.3) is 0 Å². The summed E-state index contributed by atoms with van der Waals surface area (Å²) in [5.74, 6) is 7.26. The molecule has 10 fully saturated rings. The van der Waals surface area contributed by atoms with E-state index in [9.17, 15) is 31.1 Å². The van der Waals surface area contributed by atoms with E-state index in [-0.39, 0.29) is 42.6 Å². The molecule has 5 saturated carbocycles. The van der Waals surface area contributed by atoms with Crippen LogP contribution in [0, 0.1) is 50.7 Å². The Bertz CT molecular complexity index is 5860. The van der Waals surface area contributed by atoms with Crippen LogP contribution in [0.3, 0.4) is 0 Å². The number of anilines is 11. The second kappa shape index (κ2) is 41.7. The predicted octanol–water partition coefficient (Wildman–Crippen LogP) is 22.2. The van der Waals surface area contributed by atoms with Gasteiger partial charge in [-0.05, 0) is 228 Å². The van der Waals surface area contributed by atoms with Crippen LogP contribution in [0.4, 0.5) is 90.2 Å². The highest BCUT2D eigenvalue weighted by molar-refractivity contribution is 8.00. The summed E-state index contributed by atoms with van der Waals surface area (Å²) in [6.07, 6.45) is 23.3. The van der Waals surface area contributed by atoms with Crippen LogP contribution >= 0.6 is 117 Å². The van der Waals surface area contributed by atoms with E-state index in [1.807, 2.05) is 53.7 Å². The lowest BCUT2D eigenvalue weighted by atomic mass is 9.56. The summed E-state index contributed by atoms with van der Waals surface area (Å²) in [4.78, 5) is 76.8. The summed E-state index contributed by atoms with van der Waals surface area (Å²) in [5, 5.41) is 4.74. The minimum atomic E-state index is -4.64. The maximum absolute atomic E-state index is 13.3. The van der Waals surface area contributed by atoms with Gasteiger partial charge in [0.05, 0.1) is 55.6 Å². The molecule has 7 aromatic heterocycles. The minimum absolute atomic E-state index is 0.0165. The molecule has 10 aliphatic rings. The molecule has 5 saturated heterocycles. The highest BCUT2D eigenvalue weighted by Crippen LogP contribution is 2.59. The normalized spacial score (nSPS) is 22.1. The van der Waals surface area contributed by atoms with E-state index in [0.717, 1.165) is 165 Å². The fraction of sp³-hybridized carbons (Fsp3) is 0.479. The number of amides is 1. The van der Waals surface area contributed by atoms with Crippen molar-refractivity contribution in [2.24, 2.45) is 62.2 Å². The molecule has 26 nitrogen and oxygen atoms in total. The number of piperidine rings is 4. The van der Waals surface area contributed by atoms with Crippen molar-refractivity contribution < 1.29 is 31.1 Å². The third-order valence-electron chi connectivity index (χ3n) is 30.3. The van der Waals surface area contributed by atoms with Gasteiger partial charge in [-0.25, -0.2) is 49.8 Å². The Labute approximate surface area is 833 Å². The molecular formula is C94H110Cl5F6N25OS5. The molecule has 6 atom stereocenters. The molecule has 5 aliphatic heterocycles. The standard InChI is InChI=1S/C20H23F3N6OS.C19H22Cl2N4S.C19H24ClN5S.C19H22F3N5S.C17H19Cl2N5S/c1-11-4-5-19(11)6-9-29(10-7-19)17-13(16(25)30)27-18(15(24)28-17)31-12-3-2-8-26-14(12)20(21,22)23;1-12-5-6-19(12)7-9-25(10-8-19)15-11-23-18(17(22)24-15)26-14-4-2-3-13(20)16(14)21;1-12-5-6-19(12)7-9-25(10-8-19)15-11-23-18(17(22)24-15)26-14-4-2-3-13(21)16(14)20;1-12-4-5-18(12)6-9-27(10-7-18)14-11-25-17(16(23)26-14)28-13-3-2-8-24-15(13)19(20,21)22;18-10-2-1-3-11(14(10)19)25-16-15(21)23-13(8-22-16)24-7-6-17(9-24)5-4-12(17)20/h2-3,8,11H,4-7,9-10H2,1H3,(H2,24,28)(H2,25,30);2-4,11-12H,5-10H2,1H3,(H2,22,24);2-4,11-12H,5-10,21H2,1H3,(H2,22,24);2-3,8,11-12H,4-7,9-10H2,1H3,(H2,23,26);1-3,8,12H,4-7,9,20H2,(H2,21,23)/t11-;;2*12-;12-,17+/m0.000/s1. The molecule has 42 heteroatoms. The molecule has 0 radical (unpaired) electrons. The first-order valence-corrected chi connectivity index (χ1v) is 51.6. The first-order chi connectivity index (χ1) is 64.8. The van der Waals surface area contributed by atoms with Crippen molar-refractivity contribution in [3.63, 3.8) is 0 Å². The number of nitrogens with zero attached hydrogens (tertiary/aromatic N) is 17. The molecule has 5 spiro atoms. The van der Waals surface area contributed by atoms with Gasteiger partial charge in [0, 0.05) is 114 Å².